The highest BCUT2D eigenvalue weighted by Crippen LogP contribution is 2.33. The molecule has 0 saturated carbocycles. The quantitative estimate of drug-likeness (QED) is 0.235. The topological polar surface area (TPSA) is 93.3 Å². The number of nitrogens with one attached hydrogen (secondary N) is 1. The number of hydrogen-bond acceptors (Lipinski definition) is 4. The summed E-state index contributed by atoms with van der Waals surface area (Å²) in [5, 5.41) is 14.7. The van der Waals surface area contributed by atoms with E-state index >= 15 is 0 Å². The van der Waals surface area contributed by atoms with Crippen molar-refractivity contribution in [2.24, 2.45) is 0 Å². The summed E-state index contributed by atoms with van der Waals surface area (Å²) in [6.45, 7) is 0. The number of nitro groups is 1. The summed E-state index contributed by atoms with van der Waals surface area (Å²) in [6.07, 6.45) is 0.534. The first-order valence-electron chi connectivity index (χ1n) is 10.3. The number of halogens is 2. The second kappa shape index (κ2) is 8.78. The van der Waals surface area contributed by atoms with E-state index in [0.717, 1.165) is 22.4 Å². The zero-order valence-electron chi connectivity index (χ0n) is 17.5. The minimum atomic E-state index is -0.489. The molecule has 0 fully saturated rings. The smallest absolute Gasteiger partial charge is 0.292 e. The summed E-state index contributed by atoms with van der Waals surface area (Å²) in [7, 11) is 0. The maximum Gasteiger partial charge on any atom is 0.292 e. The van der Waals surface area contributed by atoms with E-state index in [4.69, 9.17) is 28.2 Å². The number of nitrogens with zero attached hydrogens (tertiary/aromatic N) is 3. The van der Waals surface area contributed by atoms with Crippen molar-refractivity contribution in [3.8, 4) is 22.4 Å². The SMILES string of the molecule is O=c1c(Cl)c(-c2ccc([N+](=O)[O-])cc2)nc2c(-c3ccc(Cl)cc3)c(Cc3ccccc3)[nH]n12. The molecule has 0 aliphatic rings. The Morgan fingerprint density at radius 1 is 0.912 bits per heavy atom. The van der Waals surface area contributed by atoms with Crippen LogP contribution in [0.1, 0.15) is 11.3 Å². The van der Waals surface area contributed by atoms with Crippen molar-refractivity contribution in [3.05, 3.63) is 121 Å². The predicted octanol–water partition coefficient (Wildman–Crippen LogP) is 6.16. The maximum atomic E-state index is 13.2. The molecule has 0 bridgehead atoms. The number of nitro benzene ring substituents is 1. The van der Waals surface area contributed by atoms with Crippen LogP contribution < -0.4 is 5.56 Å². The van der Waals surface area contributed by atoms with Crippen LogP contribution in [0, 0.1) is 10.1 Å². The number of aromatic nitrogens is 3. The number of non-ortho nitro benzene ring substituents is 1. The van der Waals surface area contributed by atoms with E-state index in [1.165, 1.54) is 28.8 Å². The van der Waals surface area contributed by atoms with Crippen molar-refractivity contribution in [3.63, 3.8) is 0 Å². The van der Waals surface area contributed by atoms with E-state index in [2.05, 4.69) is 5.10 Å². The van der Waals surface area contributed by atoms with E-state index in [0.29, 0.717) is 22.7 Å². The van der Waals surface area contributed by atoms with Crippen LogP contribution >= 0.6 is 23.2 Å². The van der Waals surface area contributed by atoms with Crippen LogP contribution in [0.5, 0.6) is 0 Å². The summed E-state index contributed by atoms with van der Waals surface area (Å²) in [4.78, 5) is 28.5. The van der Waals surface area contributed by atoms with Gasteiger partial charge in [-0.05, 0) is 35.4 Å². The van der Waals surface area contributed by atoms with Crippen LogP contribution in [0.25, 0.3) is 28.0 Å². The summed E-state index contributed by atoms with van der Waals surface area (Å²) in [5.74, 6) is 0. The average molecular weight is 491 g/mol. The van der Waals surface area contributed by atoms with E-state index in [9.17, 15) is 14.9 Å². The Hall–Kier alpha value is -3.94. The van der Waals surface area contributed by atoms with Crippen LogP contribution in [0.4, 0.5) is 5.69 Å². The van der Waals surface area contributed by atoms with Gasteiger partial charge in [0.25, 0.3) is 11.2 Å². The van der Waals surface area contributed by atoms with Gasteiger partial charge in [0.05, 0.1) is 10.6 Å². The molecule has 168 valence electrons. The molecule has 2 aromatic heterocycles. The van der Waals surface area contributed by atoms with E-state index < -0.39 is 10.5 Å². The summed E-state index contributed by atoms with van der Waals surface area (Å²) in [5.41, 5.74) is 4.05. The lowest BCUT2D eigenvalue weighted by molar-refractivity contribution is -0.384. The number of aromatic amines is 1. The van der Waals surface area contributed by atoms with Crippen LogP contribution in [0.15, 0.2) is 83.7 Å². The Bertz CT molecular complexity index is 1580. The monoisotopic (exact) mass is 490 g/mol. The van der Waals surface area contributed by atoms with E-state index in [-0.39, 0.29) is 16.4 Å². The Labute approximate surface area is 203 Å². The fourth-order valence-corrected chi connectivity index (χ4v) is 4.24. The lowest BCUT2D eigenvalue weighted by Crippen LogP contribution is -2.17. The molecule has 0 spiro atoms. The standard InChI is InChI=1S/C25H16Cl2N4O3/c26-18-10-6-16(7-11-18)21-20(14-15-4-2-1-3-5-15)29-30-24(21)28-23(22(27)25(30)32)17-8-12-19(13-9-17)31(33)34/h1-13,29H,14H2. The molecule has 5 rings (SSSR count). The molecule has 0 unspecified atom stereocenters. The van der Waals surface area contributed by atoms with Crippen molar-refractivity contribution in [2.75, 3.05) is 0 Å². The minimum absolute atomic E-state index is 0.0636. The molecule has 0 aliphatic heterocycles. The van der Waals surface area contributed by atoms with Crippen molar-refractivity contribution >= 4 is 34.5 Å². The van der Waals surface area contributed by atoms with Crippen molar-refractivity contribution in [2.45, 2.75) is 6.42 Å². The van der Waals surface area contributed by atoms with Gasteiger partial charge in [0.15, 0.2) is 5.65 Å². The van der Waals surface area contributed by atoms with Crippen LogP contribution in [-0.4, -0.2) is 19.5 Å². The third-order valence-electron chi connectivity index (χ3n) is 5.51. The molecule has 0 aliphatic carbocycles. The summed E-state index contributed by atoms with van der Waals surface area (Å²) >= 11 is 12.5. The Morgan fingerprint density at radius 3 is 2.21 bits per heavy atom. The fraction of sp³-hybridized carbons (Fsp3) is 0.0400. The molecule has 7 nitrogen and oxygen atoms in total. The molecular weight excluding hydrogens is 475 g/mol. The zero-order chi connectivity index (χ0) is 23.8. The largest absolute Gasteiger partial charge is 0.293 e. The molecular formula is C25H16Cl2N4O3. The maximum absolute atomic E-state index is 13.2. The van der Waals surface area contributed by atoms with Gasteiger partial charge >= 0.3 is 0 Å². The van der Waals surface area contributed by atoms with Gasteiger partial charge in [-0.15, -0.1) is 0 Å². The molecule has 34 heavy (non-hydrogen) atoms. The minimum Gasteiger partial charge on any atom is -0.293 e. The summed E-state index contributed by atoms with van der Waals surface area (Å²) in [6, 6.07) is 22.9. The Kier molecular flexibility index (Phi) is 5.65. The fourth-order valence-electron chi connectivity index (χ4n) is 3.88. The average Bonchev–Trinajstić information content (AvgIpc) is 3.20. The van der Waals surface area contributed by atoms with Gasteiger partial charge in [-0.25, -0.2) is 4.98 Å². The van der Waals surface area contributed by atoms with Crippen molar-refractivity contribution in [1.82, 2.24) is 14.6 Å². The number of fused-ring (bicyclic) bond motifs is 1. The highest BCUT2D eigenvalue weighted by atomic mass is 35.5. The van der Waals surface area contributed by atoms with Crippen LogP contribution in [-0.2, 0) is 6.42 Å². The molecule has 0 radical (unpaired) electrons. The van der Waals surface area contributed by atoms with Gasteiger partial charge in [0.2, 0.25) is 0 Å². The second-order valence-corrected chi connectivity index (χ2v) is 8.49. The van der Waals surface area contributed by atoms with Gasteiger partial charge in [0, 0.05) is 40.4 Å². The normalized spacial score (nSPS) is 11.1. The lowest BCUT2D eigenvalue weighted by Gasteiger charge is -2.07. The van der Waals surface area contributed by atoms with Gasteiger partial charge in [-0.2, -0.15) is 4.52 Å². The highest BCUT2D eigenvalue weighted by Gasteiger charge is 2.21. The first kappa shape index (κ1) is 21.9. The third kappa shape index (κ3) is 3.96. The molecule has 3 aromatic carbocycles. The third-order valence-corrected chi connectivity index (χ3v) is 6.10. The lowest BCUT2D eigenvalue weighted by atomic mass is 10.0. The van der Waals surface area contributed by atoms with Gasteiger partial charge in [-0.3, -0.25) is 20.0 Å². The van der Waals surface area contributed by atoms with Gasteiger partial charge < -0.3 is 0 Å². The molecule has 1 N–H and O–H groups in total. The Morgan fingerprint density at radius 2 is 1.56 bits per heavy atom. The van der Waals surface area contributed by atoms with Gasteiger partial charge in [-0.1, -0.05) is 65.7 Å². The number of benzene rings is 3. The molecule has 5 aromatic rings. The first-order chi connectivity index (χ1) is 16.4. The van der Waals surface area contributed by atoms with Gasteiger partial charge in [0.1, 0.15) is 5.02 Å². The number of hydrogen-bond donors (Lipinski definition) is 1. The zero-order valence-corrected chi connectivity index (χ0v) is 19.0. The molecule has 0 atom stereocenters. The number of H-pyrrole nitrogens is 1. The highest BCUT2D eigenvalue weighted by molar-refractivity contribution is 6.33. The molecule has 0 saturated heterocycles. The Balaban J connectivity index is 1.75. The number of rotatable bonds is 5. The predicted molar refractivity (Wildman–Crippen MR) is 133 cm³/mol. The second-order valence-electron chi connectivity index (χ2n) is 7.68. The van der Waals surface area contributed by atoms with Crippen molar-refractivity contribution < 1.29 is 4.92 Å². The molecule has 9 heteroatoms. The summed E-state index contributed by atoms with van der Waals surface area (Å²) < 4.78 is 1.33. The van der Waals surface area contributed by atoms with Crippen LogP contribution in [0.3, 0.4) is 0 Å². The van der Waals surface area contributed by atoms with Crippen molar-refractivity contribution in [1.29, 1.82) is 0 Å². The first-order valence-corrected chi connectivity index (χ1v) is 11.1. The molecule has 0 amide bonds. The van der Waals surface area contributed by atoms with E-state index in [1.807, 2.05) is 42.5 Å². The van der Waals surface area contributed by atoms with Crippen LogP contribution in [0.2, 0.25) is 10.0 Å². The van der Waals surface area contributed by atoms with E-state index in [1.54, 1.807) is 12.1 Å². The molecule has 2 heterocycles.